The first kappa shape index (κ1) is 15.8. The molecule has 2 aliphatic rings. The van der Waals surface area contributed by atoms with E-state index in [-0.39, 0.29) is 12.2 Å². The van der Waals surface area contributed by atoms with E-state index in [1.807, 2.05) is 6.92 Å². The van der Waals surface area contributed by atoms with Crippen LogP contribution in [0.1, 0.15) is 52.9 Å². The zero-order chi connectivity index (χ0) is 14.5. The molecule has 0 aromatic heterocycles. The fourth-order valence-corrected chi connectivity index (χ4v) is 3.53. The molecule has 2 atom stereocenters. The quantitative estimate of drug-likeness (QED) is 0.729. The second-order valence-electron chi connectivity index (χ2n) is 6.46. The van der Waals surface area contributed by atoms with Crippen molar-refractivity contribution in [3.8, 4) is 0 Å². The number of nitrogens with one attached hydrogen (secondary N) is 1. The predicted molar refractivity (Wildman–Crippen MR) is 80.3 cm³/mol. The van der Waals surface area contributed by atoms with Crippen molar-refractivity contribution in [3.05, 3.63) is 0 Å². The number of carbonyl (C=O) groups excluding carboxylic acids is 1. The summed E-state index contributed by atoms with van der Waals surface area (Å²) in [6.45, 7) is 8.61. The Labute approximate surface area is 123 Å². The topological polar surface area (TPSA) is 41.6 Å². The number of ether oxygens (including phenoxy) is 1. The molecule has 2 fully saturated rings. The lowest BCUT2D eigenvalue weighted by Gasteiger charge is -2.29. The third-order valence-corrected chi connectivity index (χ3v) is 4.64. The maximum atomic E-state index is 12.6. The number of amides is 1. The van der Waals surface area contributed by atoms with Gasteiger partial charge in [-0.2, -0.15) is 0 Å². The van der Waals surface area contributed by atoms with Gasteiger partial charge in [-0.15, -0.1) is 0 Å². The summed E-state index contributed by atoms with van der Waals surface area (Å²) in [4.78, 5) is 14.7. The molecule has 1 aliphatic heterocycles. The van der Waals surface area contributed by atoms with E-state index in [4.69, 9.17) is 4.74 Å². The molecule has 4 nitrogen and oxygen atoms in total. The highest BCUT2D eigenvalue weighted by Gasteiger charge is 2.43. The highest BCUT2D eigenvalue weighted by atomic mass is 16.5. The van der Waals surface area contributed by atoms with Crippen LogP contribution in [0.25, 0.3) is 0 Å². The molecular weight excluding hydrogens is 252 g/mol. The number of hydrogen-bond acceptors (Lipinski definition) is 3. The van der Waals surface area contributed by atoms with Crippen molar-refractivity contribution >= 4 is 5.91 Å². The van der Waals surface area contributed by atoms with E-state index < -0.39 is 0 Å². The third kappa shape index (κ3) is 3.53. The van der Waals surface area contributed by atoms with Crippen LogP contribution in [0.5, 0.6) is 0 Å². The van der Waals surface area contributed by atoms with Gasteiger partial charge in [-0.1, -0.05) is 26.7 Å². The second kappa shape index (κ2) is 7.41. The van der Waals surface area contributed by atoms with Crippen molar-refractivity contribution in [3.63, 3.8) is 0 Å². The van der Waals surface area contributed by atoms with Gasteiger partial charge in [-0.05, 0) is 38.0 Å². The second-order valence-corrected chi connectivity index (χ2v) is 6.46. The first-order valence-electron chi connectivity index (χ1n) is 8.29. The van der Waals surface area contributed by atoms with Gasteiger partial charge in [0.25, 0.3) is 0 Å². The van der Waals surface area contributed by atoms with Crippen LogP contribution in [-0.4, -0.2) is 42.8 Å². The Kier molecular flexibility index (Phi) is 5.85. The van der Waals surface area contributed by atoms with Crippen LogP contribution in [0, 0.1) is 11.8 Å². The molecule has 0 aromatic carbocycles. The Hall–Kier alpha value is -0.610. The van der Waals surface area contributed by atoms with Crippen molar-refractivity contribution in [2.45, 2.75) is 65.1 Å². The van der Waals surface area contributed by atoms with Crippen LogP contribution in [0.3, 0.4) is 0 Å². The summed E-state index contributed by atoms with van der Waals surface area (Å²) >= 11 is 0. The van der Waals surface area contributed by atoms with Crippen molar-refractivity contribution in [1.29, 1.82) is 0 Å². The minimum Gasteiger partial charge on any atom is -0.382 e. The molecular formula is C16H30N2O2. The molecule has 0 bridgehead atoms. The zero-order valence-electron chi connectivity index (χ0n) is 13.2. The van der Waals surface area contributed by atoms with Crippen LogP contribution in [0.2, 0.25) is 0 Å². The first-order valence-corrected chi connectivity index (χ1v) is 8.29. The normalized spacial score (nSPS) is 28.0. The molecule has 2 unspecified atom stereocenters. The van der Waals surface area contributed by atoms with Crippen LogP contribution in [0.15, 0.2) is 0 Å². The van der Waals surface area contributed by atoms with Gasteiger partial charge >= 0.3 is 0 Å². The summed E-state index contributed by atoms with van der Waals surface area (Å²) in [6.07, 6.45) is 6.36. The van der Waals surface area contributed by atoms with Gasteiger partial charge in [-0.3, -0.25) is 10.1 Å². The summed E-state index contributed by atoms with van der Waals surface area (Å²) in [5.41, 5.74) is 0. The molecule has 20 heavy (non-hydrogen) atoms. The van der Waals surface area contributed by atoms with Gasteiger partial charge < -0.3 is 9.64 Å². The smallest absolute Gasteiger partial charge is 0.241 e. The Morgan fingerprint density at radius 2 is 2.05 bits per heavy atom. The summed E-state index contributed by atoms with van der Waals surface area (Å²) in [6, 6.07) is 0.00712. The number of nitrogens with zero attached hydrogens (tertiary/aromatic N) is 1. The average molecular weight is 282 g/mol. The molecule has 1 saturated carbocycles. The number of carbonyl (C=O) groups is 1. The van der Waals surface area contributed by atoms with Gasteiger partial charge in [0, 0.05) is 19.8 Å². The monoisotopic (exact) mass is 282 g/mol. The van der Waals surface area contributed by atoms with Gasteiger partial charge in [-0.25, -0.2) is 0 Å². The summed E-state index contributed by atoms with van der Waals surface area (Å²) in [5.74, 6) is 1.31. The lowest BCUT2D eigenvalue weighted by Crippen LogP contribution is -2.43. The Morgan fingerprint density at radius 1 is 1.35 bits per heavy atom. The largest absolute Gasteiger partial charge is 0.382 e. The molecule has 2 rings (SSSR count). The van der Waals surface area contributed by atoms with Gasteiger partial charge in [0.1, 0.15) is 0 Å². The van der Waals surface area contributed by atoms with Crippen LogP contribution in [-0.2, 0) is 9.53 Å². The van der Waals surface area contributed by atoms with Crippen molar-refractivity contribution in [2.75, 3.05) is 19.8 Å². The first-order chi connectivity index (χ1) is 9.65. The molecule has 1 saturated heterocycles. The van der Waals surface area contributed by atoms with Crippen LogP contribution >= 0.6 is 0 Å². The highest BCUT2D eigenvalue weighted by Crippen LogP contribution is 2.33. The van der Waals surface area contributed by atoms with Gasteiger partial charge in [0.15, 0.2) is 0 Å². The van der Waals surface area contributed by atoms with Gasteiger partial charge in [0.2, 0.25) is 5.91 Å². The van der Waals surface area contributed by atoms with Crippen molar-refractivity contribution in [1.82, 2.24) is 10.2 Å². The summed E-state index contributed by atoms with van der Waals surface area (Å²) < 4.78 is 5.41. The van der Waals surface area contributed by atoms with E-state index >= 15 is 0 Å². The fourth-order valence-electron chi connectivity index (χ4n) is 3.53. The minimum absolute atomic E-state index is 0.00712. The lowest BCUT2D eigenvalue weighted by atomic mass is 10.0. The number of hydrogen-bond donors (Lipinski definition) is 1. The molecule has 116 valence electrons. The van der Waals surface area contributed by atoms with Crippen molar-refractivity contribution in [2.24, 2.45) is 11.8 Å². The van der Waals surface area contributed by atoms with E-state index in [1.165, 1.54) is 25.7 Å². The molecule has 1 aliphatic carbocycles. The highest BCUT2D eigenvalue weighted by molar-refractivity contribution is 5.84. The Morgan fingerprint density at radius 3 is 2.65 bits per heavy atom. The van der Waals surface area contributed by atoms with Gasteiger partial charge in [0.05, 0.1) is 12.2 Å². The molecule has 0 radical (unpaired) electrons. The maximum Gasteiger partial charge on any atom is 0.241 e. The van der Waals surface area contributed by atoms with Crippen LogP contribution in [0.4, 0.5) is 0 Å². The summed E-state index contributed by atoms with van der Waals surface area (Å²) in [5, 5.41) is 3.61. The lowest BCUT2D eigenvalue weighted by molar-refractivity contribution is -0.131. The molecule has 1 N–H and O–H groups in total. The average Bonchev–Trinajstić information content (AvgIpc) is 3.03. The van der Waals surface area contributed by atoms with E-state index in [1.54, 1.807) is 0 Å². The van der Waals surface area contributed by atoms with E-state index in [0.29, 0.717) is 17.7 Å². The third-order valence-electron chi connectivity index (χ3n) is 4.64. The maximum absolute atomic E-state index is 12.6. The van der Waals surface area contributed by atoms with Crippen LogP contribution < -0.4 is 5.32 Å². The minimum atomic E-state index is 0.00712. The van der Waals surface area contributed by atoms with Crippen molar-refractivity contribution < 1.29 is 9.53 Å². The molecule has 4 heteroatoms. The van der Waals surface area contributed by atoms with E-state index in [0.717, 1.165) is 26.2 Å². The standard InChI is InChI=1S/C16H30N2O2/c1-4-20-11-7-10-18-15(13-8-5-6-9-13)17-14(12(2)3)16(18)19/h12-15,17H,4-11H2,1-3H3. The Bertz CT molecular complexity index is 314. The fraction of sp³-hybridized carbons (Fsp3) is 0.938. The molecule has 0 aromatic rings. The Balaban J connectivity index is 1.96. The van der Waals surface area contributed by atoms with E-state index in [2.05, 4.69) is 24.1 Å². The number of rotatable bonds is 7. The molecule has 1 heterocycles. The SMILES string of the molecule is CCOCCCN1C(=O)C(C(C)C)NC1C1CCCC1. The molecule has 1 amide bonds. The van der Waals surface area contributed by atoms with E-state index in [9.17, 15) is 4.79 Å². The molecule has 0 spiro atoms. The zero-order valence-corrected chi connectivity index (χ0v) is 13.2. The summed E-state index contributed by atoms with van der Waals surface area (Å²) in [7, 11) is 0. The predicted octanol–water partition coefficient (Wildman–Crippen LogP) is 2.39.